The van der Waals surface area contributed by atoms with Gasteiger partial charge in [0.05, 0.1) is 11.4 Å². The third kappa shape index (κ3) is 5.08. The lowest BCUT2D eigenvalue weighted by Crippen LogP contribution is -2.31. The Morgan fingerprint density at radius 1 is 1.15 bits per heavy atom. The Morgan fingerprint density at radius 2 is 1.81 bits per heavy atom. The minimum absolute atomic E-state index is 0.0516. The van der Waals surface area contributed by atoms with Crippen LogP contribution in [0.3, 0.4) is 0 Å². The van der Waals surface area contributed by atoms with E-state index in [4.69, 9.17) is 4.74 Å². The minimum Gasteiger partial charge on any atom is -0.491 e. The van der Waals surface area contributed by atoms with Crippen LogP contribution in [-0.4, -0.2) is 45.5 Å². The number of ether oxygens (including phenoxy) is 1. The summed E-state index contributed by atoms with van der Waals surface area (Å²) in [5.41, 5.74) is 1.49. The molecule has 1 saturated carbocycles. The van der Waals surface area contributed by atoms with Crippen molar-refractivity contribution in [3.05, 3.63) is 59.7 Å². The molecule has 0 radical (unpaired) electrons. The lowest BCUT2D eigenvalue weighted by Gasteiger charge is -2.18. The van der Waals surface area contributed by atoms with E-state index in [1.807, 2.05) is 31.2 Å². The Kier molecular flexibility index (Phi) is 5.82. The quantitative estimate of drug-likeness (QED) is 0.754. The summed E-state index contributed by atoms with van der Waals surface area (Å²) in [5, 5.41) is 0. The predicted molar refractivity (Wildman–Crippen MR) is 103 cm³/mol. The van der Waals surface area contributed by atoms with Crippen LogP contribution in [0.25, 0.3) is 0 Å². The molecule has 2 aromatic carbocycles. The normalized spacial score (nSPS) is 14.0. The van der Waals surface area contributed by atoms with Crippen molar-refractivity contribution in [3.63, 3.8) is 0 Å². The van der Waals surface area contributed by atoms with Crippen molar-refractivity contribution in [2.45, 2.75) is 30.7 Å². The molecular weight excluding hydrogens is 364 g/mol. The maximum atomic E-state index is 12.5. The van der Waals surface area contributed by atoms with Crippen LogP contribution >= 0.6 is 0 Å². The van der Waals surface area contributed by atoms with Crippen LogP contribution in [0.4, 0.5) is 0 Å². The van der Waals surface area contributed by atoms with Gasteiger partial charge in [0.25, 0.3) is 5.91 Å². The molecule has 0 aliphatic heterocycles. The number of carbonyl (C=O) groups excluding carboxylic acids is 1. The van der Waals surface area contributed by atoms with Gasteiger partial charge < -0.3 is 9.64 Å². The van der Waals surface area contributed by atoms with Crippen LogP contribution in [0.1, 0.15) is 28.8 Å². The van der Waals surface area contributed by atoms with Crippen molar-refractivity contribution in [3.8, 4) is 5.75 Å². The summed E-state index contributed by atoms with van der Waals surface area (Å²) in [7, 11) is -1.81. The highest BCUT2D eigenvalue weighted by molar-refractivity contribution is 7.89. The van der Waals surface area contributed by atoms with Crippen LogP contribution in [0.15, 0.2) is 53.4 Å². The molecule has 0 spiro atoms. The molecule has 144 valence electrons. The van der Waals surface area contributed by atoms with Gasteiger partial charge in [-0.25, -0.2) is 13.1 Å². The largest absolute Gasteiger partial charge is 0.491 e. The van der Waals surface area contributed by atoms with Crippen molar-refractivity contribution < 1.29 is 17.9 Å². The number of aryl methyl sites for hydroxylation is 1. The van der Waals surface area contributed by atoms with E-state index in [0.717, 1.165) is 24.2 Å². The number of nitrogens with one attached hydrogen (secondary N) is 1. The lowest BCUT2D eigenvalue weighted by molar-refractivity contribution is 0.0773. The molecule has 0 saturated heterocycles. The summed E-state index contributed by atoms with van der Waals surface area (Å²) in [6.45, 7) is 2.78. The van der Waals surface area contributed by atoms with Gasteiger partial charge in [0.15, 0.2) is 0 Å². The summed E-state index contributed by atoms with van der Waals surface area (Å²) in [6.07, 6.45) is 1.76. The van der Waals surface area contributed by atoms with Gasteiger partial charge in [-0.15, -0.1) is 0 Å². The third-order valence-corrected chi connectivity index (χ3v) is 5.97. The molecule has 0 atom stereocenters. The van der Waals surface area contributed by atoms with Crippen molar-refractivity contribution in [1.29, 1.82) is 0 Å². The molecule has 0 unspecified atom stereocenters. The summed E-state index contributed by atoms with van der Waals surface area (Å²) < 4.78 is 32.7. The summed E-state index contributed by atoms with van der Waals surface area (Å²) in [4.78, 5) is 14.2. The van der Waals surface area contributed by atoms with Gasteiger partial charge in [-0.05, 0) is 55.7 Å². The number of nitrogens with zero attached hydrogens (tertiary/aromatic N) is 1. The van der Waals surface area contributed by atoms with Crippen LogP contribution in [0.5, 0.6) is 5.75 Å². The molecule has 6 nitrogen and oxygen atoms in total. The Balaban J connectivity index is 1.55. The first kappa shape index (κ1) is 19.4. The number of hydrogen-bond donors (Lipinski definition) is 1. The Bertz CT molecular complexity index is 906. The van der Waals surface area contributed by atoms with Crippen molar-refractivity contribution in [1.82, 2.24) is 9.62 Å². The first-order valence-electron chi connectivity index (χ1n) is 8.93. The molecule has 1 amide bonds. The van der Waals surface area contributed by atoms with E-state index >= 15 is 0 Å². The zero-order chi connectivity index (χ0) is 19.4. The van der Waals surface area contributed by atoms with E-state index < -0.39 is 10.0 Å². The van der Waals surface area contributed by atoms with Crippen LogP contribution in [0, 0.1) is 6.92 Å². The minimum atomic E-state index is -3.50. The second-order valence-corrected chi connectivity index (χ2v) is 8.47. The predicted octanol–water partition coefficient (Wildman–Crippen LogP) is 2.59. The fourth-order valence-electron chi connectivity index (χ4n) is 2.60. The van der Waals surface area contributed by atoms with E-state index in [1.54, 1.807) is 24.1 Å². The van der Waals surface area contributed by atoms with Crippen molar-refractivity contribution in [2.24, 2.45) is 0 Å². The molecule has 1 aliphatic rings. The smallest absolute Gasteiger partial charge is 0.253 e. The molecule has 3 rings (SSSR count). The Hall–Kier alpha value is -2.38. The first-order valence-corrected chi connectivity index (χ1v) is 10.4. The average molecular weight is 388 g/mol. The SMILES string of the molecule is Cc1ccccc1OCCN(C)C(=O)c1ccc(S(=O)(=O)NC2CC2)cc1. The van der Waals surface area contributed by atoms with Crippen molar-refractivity contribution in [2.75, 3.05) is 20.2 Å². The highest BCUT2D eigenvalue weighted by atomic mass is 32.2. The third-order valence-electron chi connectivity index (χ3n) is 4.44. The number of para-hydroxylation sites is 1. The molecule has 0 aromatic heterocycles. The fraction of sp³-hybridized carbons (Fsp3) is 0.350. The number of hydrogen-bond acceptors (Lipinski definition) is 4. The number of carbonyl (C=O) groups is 1. The molecule has 7 heteroatoms. The molecule has 1 N–H and O–H groups in total. The number of rotatable bonds is 8. The first-order chi connectivity index (χ1) is 12.9. The molecule has 1 fully saturated rings. The van der Waals surface area contributed by atoms with E-state index in [-0.39, 0.29) is 16.8 Å². The standard InChI is InChI=1S/C20H24N2O4S/c1-15-5-3-4-6-19(15)26-14-13-22(2)20(23)16-7-11-18(12-8-16)27(24,25)21-17-9-10-17/h3-8,11-12,17,21H,9-10,13-14H2,1-2H3. The van der Waals surface area contributed by atoms with Crippen LogP contribution in [0.2, 0.25) is 0 Å². The highest BCUT2D eigenvalue weighted by Gasteiger charge is 2.28. The molecular formula is C20H24N2O4S. The second kappa shape index (κ2) is 8.10. The molecule has 27 heavy (non-hydrogen) atoms. The molecule has 0 bridgehead atoms. The van der Waals surface area contributed by atoms with Gasteiger partial charge in [-0.1, -0.05) is 18.2 Å². The van der Waals surface area contributed by atoms with Crippen LogP contribution in [-0.2, 0) is 10.0 Å². The average Bonchev–Trinajstić information content (AvgIpc) is 3.46. The van der Waals surface area contributed by atoms with Gasteiger partial charge in [0.1, 0.15) is 12.4 Å². The summed E-state index contributed by atoms with van der Waals surface area (Å²) >= 11 is 0. The highest BCUT2D eigenvalue weighted by Crippen LogP contribution is 2.22. The zero-order valence-electron chi connectivity index (χ0n) is 15.5. The Morgan fingerprint density at radius 3 is 2.44 bits per heavy atom. The molecule has 0 heterocycles. The number of amides is 1. The van der Waals surface area contributed by atoms with E-state index in [2.05, 4.69) is 4.72 Å². The number of benzene rings is 2. The second-order valence-electron chi connectivity index (χ2n) is 6.76. The summed E-state index contributed by atoms with van der Waals surface area (Å²) in [5.74, 6) is 0.624. The molecule has 2 aromatic rings. The van der Waals surface area contributed by atoms with Gasteiger partial charge in [0.2, 0.25) is 10.0 Å². The van der Waals surface area contributed by atoms with Crippen molar-refractivity contribution >= 4 is 15.9 Å². The lowest BCUT2D eigenvalue weighted by atomic mass is 10.2. The number of sulfonamides is 1. The van der Waals surface area contributed by atoms with Gasteiger partial charge in [0, 0.05) is 18.7 Å². The fourth-order valence-corrected chi connectivity index (χ4v) is 3.90. The van der Waals surface area contributed by atoms with Gasteiger partial charge in [-0.3, -0.25) is 4.79 Å². The zero-order valence-corrected chi connectivity index (χ0v) is 16.3. The van der Waals surface area contributed by atoms with E-state index in [9.17, 15) is 13.2 Å². The molecule has 1 aliphatic carbocycles. The van der Waals surface area contributed by atoms with Gasteiger partial charge >= 0.3 is 0 Å². The number of likely N-dealkylation sites (N-methyl/N-ethyl adjacent to an activating group) is 1. The summed E-state index contributed by atoms with van der Waals surface area (Å²) in [6, 6.07) is 13.8. The van der Waals surface area contributed by atoms with E-state index in [1.165, 1.54) is 12.1 Å². The van der Waals surface area contributed by atoms with Crippen LogP contribution < -0.4 is 9.46 Å². The topological polar surface area (TPSA) is 75.7 Å². The maximum absolute atomic E-state index is 12.5. The monoisotopic (exact) mass is 388 g/mol. The van der Waals surface area contributed by atoms with E-state index in [0.29, 0.717) is 18.7 Å². The Labute approximate surface area is 160 Å². The van der Waals surface area contributed by atoms with Gasteiger partial charge in [-0.2, -0.15) is 0 Å². The maximum Gasteiger partial charge on any atom is 0.253 e.